The summed E-state index contributed by atoms with van der Waals surface area (Å²) >= 11 is 0. The number of amides is 1. The lowest BCUT2D eigenvalue weighted by Gasteiger charge is -2.26. The number of hydrogen-bond donors (Lipinski definition) is 3. The minimum Gasteiger partial charge on any atom is -0.364 e. The molecular formula is C17H27N7O3. The van der Waals surface area contributed by atoms with E-state index in [0.29, 0.717) is 12.5 Å². The van der Waals surface area contributed by atoms with E-state index in [2.05, 4.69) is 20.6 Å². The highest BCUT2D eigenvalue weighted by atomic mass is 16.6. The van der Waals surface area contributed by atoms with Crippen molar-refractivity contribution in [1.29, 1.82) is 0 Å². The molecule has 1 saturated heterocycles. The van der Waals surface area contributed by atoms with Crippen LogP contribution in [0.3, 0.4) is 0 Å². The lowest BCUT2D eigenvalue weighted by Crippen LogP contribution is -2.33. The molecule has 148 valence electrons. The van der Waals surface area contributed by atoms with Crippen LogP contribution in [0.15, 0.2) is 6.20 Å². The molecule has 1 amide bonds. The van der Waals surface area contributed by atoms with E-state index in [1.807, 2.05) is 0 Å². The molecule has 2 heterocycles. The number of likely N-dealkylation sites (tertiary alicyclic amines) is 1. The number of nitrogens with zero attached hydrogens (tertiary/aromatic N) is 4. The Bertz CT molecular complexity index is 670. The SMILES string of the molecule is N[C@H]1CC[C@H](CNc2nc(NCC(=O)N3CCCC3)ncc2[N+](=O)[O-])CC1. The van der Waals surface area contributed by atoms with Gasteiger partial charge in [0.15, 0.2) is 0 Å². The van der Waals surface area contributed by atoms with Crippen LogP contribution in [0.2, 0.25) is 0 Å². The first kappa shape index (κ1) is 19.3. The van der Waals surface area contributed by atoms with Gasteiger partial charge in [0.2, 0.25) is 17.7 Å². The van der Waals surface area contributed by atoms with Crippen molar-refractivity contribution in [3.8, 4) is 0 Å². The Hall–Kier alpha value is -2.49. The van der Waals surface area contributed by atoms with Gasteiger partial charge in [-0.3, -0.25) is 14.9 Å². The normalized spacial score (nSPS) is 22.5. The highest BCUT2D eigenvalue weighted by Gasteiger charge is 2.22. The average Bonchev–Trinajstić information content (AvgIpc) is 3.20. The minimum absolute atomic E-state index is 0.0116. The second-order valence-electron chi connectivity index (χ2n) is 7.29. The molecule has 2 aliphatic rings. The lowest BCUT2D eigenvalue weighted by atomic mass is 9.86. The van der Waals surface area contributed by atoms with Crippen LogP contribution < -0.4 is 16.4 Å². The van der Waals surface area contributed by atoms with Gasteiger partial charge in [0.05, 0.1) is 11.5 Å². The number of rotatable bonds is 7. The van der Waals surface area contributed by atoms with Gasteiger partial charge in [-0.25, -0.2) is 4.98 Å². The van der Waals surface area contributed by atoms with Crippen LogP contribution in [0.25, 0.3) is 0 Å². The highest BCUT2D eigenvalue weighted by Crippen LogP contribution is 2.26. The number of nitrogens with two attached hydrogens (primary N) is 1. The molecule has 0 spiro atoms. The van der Waals surface area contributed by atoms with E-state index in [1.54, 1.807) is 4.90 Å². The van der Waals surface area contributed by atoms with Crippen molar-refractivity contribution >= 4 is 23.4 Å². The zero-order chi connectivity index (χ0) is 19.2. The molecule has 27 heavy (non-hydrogen) atoms. The largest absolute Gasteiger partial charge is 0.364 e. The molecule has 0 atom stereocenters. The Labute approximate surface area is 158 Å². The number of hydrogen-bond acceptors (Lipinski definition) is 8. The summed E-state index contributed by atoms with van der Waals surface area (Å²) in [6, 6.07) is 0.263. The predicted molar refractivity (Wildman–Crippen MR) is 101 cm³/mol. The zero-order valence-corrected chi connectivity index (χ0v) is 15.4. The summed E-state index contributed by atoms with van der Waals surface area (Å²) in [6.45, 7) is 2.24. The number of aromatic nitrogens is 2. The van der Waals surface area contributed by atoms with Gasteiger partial charge in [0, 0.05) is 25.7 Å². The van der Waals surface area contributed by atoms with Crippen molar-refractivity contribution in [2.24, 2.45) is 11.7 Å². The Kier molecular flexibility index (Phi) is 6.38. The Morgan fingerprint density at radius 3 is 2.63 bits per heavy atom. The van der Waals surface area contributed by atoms with Gasteiger partial charge >= 0.3 is 5.69 Å². The van der Waals surface area contributed by atoms with Crippen LogP contribution >= 0.6 is 0 Å². The summed E-state index contributed by atoms with van der Waals surface area (Å²) in [4.78, 5) is 32.9. The van der Waals surface area contributed by atoms with Crippen molar-refractivity contribution in [1.82, 2.24) is 14.9 Å². The number of anilines is 2. The molecule has 0 unspecified atom stereocenters. The molecule has 10 heteroatoms. The maximum absolute atomic E-state index is 12.1. The molecule has 4 N–H and O–H groups in total. The van der Waals surface area contributed by atoms with Gasteiger partial charge in [0.25, 0.3) is 0 Å². The minimum atomic E-state index is -0.502. The summed E-state index contributed by atoms with van der Waals surface area (Å²) in [6.07, 6.45) is 7.19. The van der Waals surface area contributed by atoms with E-state index in [0.717, 1.165) is 51.6 Å². The molecular weight excluding hydrogens is 350 g/mol. The zero-order valence-electron chi connectivity index (χ0n) is 15.4. The molecule has 1 aromatic heterocycles. The topological polar surface area (TPSA) is 139 Å². The number of carbonyl (C=O) groups excluding carboxylic acids is 1. The molecule has 1 aliphatic carbocycles. The van der Waals surface area contributed by atoms with Crippen molar-refractivity contribution in [3.05, 3.63) is 16.3 Å². The van der Waals surface area contributed by atoms with Crippen molar-refractivity contribution in [2.45, 2.75) is 44.6 Å². The van der Waals surface area contributed by atoms with Gasteiger partial charge < -0.3 is 21.3 Å². The quantitative estimate of drug-likeness (QED) is 0.478. The van der Waals surface area contributed by atoms with E-state index >= 15 is 0 Å². The van der Waals surface area contributed by atoms with Crippen LogP contribution in [0.5, 0.6) is 0 Å². The first-order valence-corrected chi connectivity index (χ1v) is 9.55. The summed E-state index contributed by atoms with van der Waals surface area (Å²) in [7, 11) is 0. The summed E-state index contributed by atoms with van der Waals surface area (Å²) in [5.41, 5.74) is 5.75. The van der Waals surface area contributed by atoms with Crippen LogP contribution in [0.1, 0.15) is 38.5 Å². The lowest BCUT2D eigenvalue weighted by molar-refractivity contribution is -0.384. The number of nitro groups is 1. The summed E-state index contributed by atoms with van der Waals surface area (Å²) < 4.78 is 0. The molecule has 2 fully saturated rings. The highest BCUT2D eigenvalue weighted by molar-refractivity contribution is 5.80. The molecule has 1 aromatic rings. The second kappa shape index (κ2) is 8.94. The third kappa shape index (κ3) is 5.25. The summed E-state index contributed by atoms with van der Waals surface area (Å²) in [5.74, 6) is 0.803. The fraction of sp³-hybridized carbons (Fsp3) is 0.706. The molecule has 1 aliphatic heterocycles. The Balaban J connectivity index is 1.59. The van der Waals surface area contributed by atoms with E-state index in [4.69, 9.17) is 5.73 Å². The van der Waals surface area contributed by atoms with Crippen LogP contribution in [0.4, 0.5) is 17.5 Å². The van der Waals surface area contributed by atoms with Gasteiger partial charge in [-0.1, -0.05) is 0 Å². The first-order chi connectivity index (χ1) is 13.0. The van der Waals surface area contributed by atoms with Gasteiger partial charge in [-0.2, -0.15) is 4.98 Å². The monoisotopic (exact) mass is 377 g/mol. The number of carbonyl (C=O) groups is 1. The fourth-order valence-corrected chi connectivity index (χ4v) is 3.59. The molecule has 0 radical (unpaired) electrons. The predicted octanol–water partition coefficient (Wildman–Crippen LogP) is 1.35. The molecule has 0 aromatic carbocycles. The molecule has 0 bridgehead atoms. The molecule has 3 rings (SSSR count). The smallest absolute Gasteiger partial charge is 0.329 e. The first-order valence-electron chi connectivity index (χ1n) is 9.55. The van der Waals surface area contributed by atoms with Crippen molar-refractivity contribution < 1.29 is 9.72 Å². The van der Waals surface area contributed by atoms with Crippen LogP contribution in [-0.2, 0) is 4.79 Å². The molecule has 10 nitrogen and oxygen atoms in total. The fourth-order valence-electron chi connectivity index (χ4n) is 3.59. The van der Waals surface area contributed by atoms with Gasteiger partial charge in [-0.15, -0.1) is 0 Å². The maximum atomic E-state index is 12.1. The van der Waals surface area contributed by atoms with E-state index in [-0.39, 0.29) is 35.9 Å². The number of nitrogens with one attached hydrogen (secondary N) is 2. The second-order valence-corrected chi connectivity index (χ2v) is 7.29. The average molecular weight is 377 g/mol. The van der Waals surface area contributed by atoms with Crippen LogP contribution in [0, 0.1) is 16.0 Å². The standard InChI is InChI=1S/C17H27N7O3/c18-13-5-3-12(4-6-13)9-19-16-14(24(26)27)10-20-17(22-16)21-11-15(25)23-7-1-2-8-23/h10,12-13H,1-9,11,18H2,(H2,19,20,21,22)/t12-,13-. The van der Waals surface area contributed by atoms with Crippen molar-refractivity contribution in [2.75, 3.05) is 36.8 Å². The van der Waals surface area contributed by atoms with E-state index < -0.39 is 4.92 Å². The summed E-state index contributed by atoms with van der Waals surface area (Å²) in [5, 5.41) is 17.2. The van der Waals surface area contributed by atoms with Crippen LogP contribution in [-0.4, -0.2) is 57.9 Å². The van der Waals surface area contributed by atoms with Crippen molar-refractivity contribution in [3.63, 3.8) is 0 Å². The van der Waals surface area contributed by atoms with Gasteiger partial charge in [-0.05, 0) is 44.4 Å². The Morgan fingerprint density at radius 1 is 1.26 bits per heavy atom. The van der Waals surface area contributed by atoms with E-state index in [1.165, 1.54) is 6.20 Å². The maximum Gasteiger partial charge on any atom is 0.329 e. The molecule has 1 saturated carbocycles. The van der Waals surface area contributed by atoms with Gasteiger partial charge in [0.1, 0.15) is 6.20 Å². The van der Waals surface area contributed by atoms with E-state index in [9.17, 15) is 14.9 Å². The third-order valence-corrected chi connectivity index (χ3v) is 5.27. The Morgan fingerprint density at radius 2 is 1.96 bits per heavy atom. The third-order valence-electron chi connectivity index (χ3n) is 5.27.